The number of hydrogen-bond donors (Lipinski definition) is 2. The van der Waals surface area contributed by atoms with Gasteiger partial charge in [0.1, 0.15) is 6.04 Å². The van der Waals surface area contributed by atoms with Crippen LogP contribution in [0.2, 0.25) is 0 Å². The Bertz CT molecular complexity index is 550. The van der Waals surface area contributed by atoms with Crippen molar-refractivity contribution in [3.05, 3.63) is 28.2 Å². The van der Waals surface area contributed by atoms with Crippen molar-refractivity contribution in [3.63, 3.8) is 0 Å². The van der Waals surface area contributed by atoms with E-state index in [-0.39, 0.29) is 5.97 Å². The zero-order valence-corrected chi connectivity index (χ0v) is 13.4. The molecule has 1 atom stereocenters. The van der Waals surface area contributed by atoms with Gasteiger partial charge in [-0.1, -0.05) is 15.9 Å². The molecular formula is C14H18BrN3O3. The van der Waals surface area contributed by atoms with E-state index in [4.69, 9.17) is 10.5 Å². The van der Waals surface area contributed by atoms with E-state index in [0.29, 0.717) is 30.9 Å². The van der Waals surface area contributed by atoms with Crippen LogP contribution < -0.4 is 16.0 Å². The molecule has 7 heteroatoms. The number of hydrogen-bond acceptors (Lipinski definition) is 5. The van der Waals surface area contributed by atoms with Crippen LogP contribution in [-0.2, 0) is 9.53 Å². The summed E-state index contributed by atoms with van der Waals surface area (Å²) in [6.07, 6.45) is 0. The number of benzene rings is 1. The highest BCUT2D eigenvalue weighted by Gasteiger charge is 2.31. The van der Waals surface area contributed by atoms with Crippen molar-refractivity contribution in [2.75, 3.05) is 31.1 Å². The third kappa shape index (κ3) is 3.54. The van der Waals surface area contributed by atoms with E-state index in [0.717, 1.165) is 11.0 Å². The maximum absolute atomic E-state index is 12.1. The van der Waals surface area contributed by atoms with E-state index in [9.17, 15) is 9.59 Å². The highest BCUT2D eigenvalue weighted by molar-refractivity contribution is 9.10. The SMILES string of the molecule is CCOC(=O)C1CNCCN1c1cc(Br)ccc1C(N)=O. The van der Waals surface area contributed by atoms with Crippen molar-refractivity contribution in [3.8, 4) is 0 Å². The van der Waals surface area contributed by atoms with E-state index < -0.39 is 11.9 Å². The molecule has 2 rings (SSSR count). The van der Waals surface area contributed by atoms with Crippen LogP contribution in [0.4, 0.5) is 5.69 Å². The zero-order valence-electron chi connectivity index (χ0n) is 11.8. The zero-order chi connectivity index (χ0) is 15.4. The van der Waals surface area contributed by atoms with Crippen LogP contribution in [-0.4, -0.2) is 44.2 Å². The summed E-state index contributed by atoms with van der Waals surface area (Å²) >= 11 is 3.39. The van der Waals surface area contributed by atoms with Crippen LogP contribution in [0.5, 0.6) is 0 Å². The first-order valence-electron chi connectivity index (χ1n) is 6.78. The Morgan fingerprint density at radius 3 is 2.95 bits per heavy atom. The number of halogens is 1. The first-order chi connectivity index (χ1) is 10.0. The van der Waals surface area contributed by atoms with Gasteiger partial charge in [0.2, 0.25) is 0 Å². The number of anilines is 1. The topological polar surface area (TPSA) is 84.7 Å². The molecule has 0 aliphatic carbocycles. The Hall–Kier alpha value is -1.60. The molecule has 0 radical (unpaired) electrons. The van der Waals surface area contributed by atoms with Gasteiger partial charge in [0.25, 0.3) is 5.91 Å². The third-order valence-corrected chi connectivity index (χ3v) is 3.83. The molecule has 0 aromatic heterocycles. The molecule has 0 bridgehead atoms. The van der Waals surface area contributed by atoms with Gasteiger partial charge < -0.3 is 20.7 Å². The van der Waals surface area contributed by atoms with E-state index >= 15 is 0 Å². The van der Waals surface area contributed by atoms with Gasteiger partial charge in [0.15, 0.2) is 0 Å². The Labute approximate surface area is 131 Å². The minimum atomic E-state index is -0.515. The van der Waals surface area contributed by atoms with Crippen molar-refractivity contribution >= 4 is 33.5 Å². The number of ether oxygens (including phenoxy) is 1. The number of rotatable bonds is 4. The molecule has 0 spiro atoms. The van der Waals surface area contributed by atoms with Gasteiger partial charge in [-0.05, 0) is 25.1 Å². The Balaban J connectivity index is 2.39. The fourth-order valence-corrected chi connectivity index (χ4v) is 2.74. The van der Waals surface area contributed by atoms with Gasteiger partial charge in [0.05, 0.1) is 17.9 Å². The lowest BCUT2D eigenvalue weighted by Crippen LogP contribution is -2.56. The molecular weight excluding hydrogens is 338 g/mol. The molecule has 21 heavy (non-hydrogen) atoms. The highest BCUT2D eigenvalue weighted by Crippen LogP contribution is 2.27. The van der Waals surface area contributed by atoms with Crippen LogP contribution in [0.15, 0.2) is 22.7 Å². The van der Waals surface area contributed by atoms with Gasteiger partial charge in [0, 0.05) is 24.1 Å². The van der Waals surface area contributed by atoms with Crippen LogP contribution in [0.25, 0.3) is 0 Å². The largest absolute Gasteiger partial charge is 0.464 e. The monoisotopic (exact) mass is 355 g/mol. The number of nitrogens with two attached hydrogens (primary N) is 1. The first kappa shape index (κ1) is 15.8. The first-order valence-corrected chi connectivity index (χ1v) is 7.57. The molecule has 1 aromatic carbocycles. The van der Waals surface area contributed by atoms with Crippen LogP contribution >= 0.6 is 15.9 Å². The van der Waals surface area contributed by atoms with Crippen molar-refractivity contribution < 1.29 is 14.3 Å². The molecule has 114 valence electrons. The van der Waals surface area contributed by atoms with Crippen LogP contribution in [0.1, 0.15) is 17.3 Å². The second-order valence-electron chi connectivity index (χ2n) is 4.69. The minimum absolute atomic E-state index is 0.305. The Kier molecular flexibility index (Phi) is 5.19. The Morgan fingerprint density at radius 2 is 2.29 bits per heavy atom. The maximum Gasteiger partial charge on any atom is 0.330 e. The number of primary amides is 1. The molecule has 0 saturated carbocycles. The van der Waals surface area contributed by atoms with Gasteiger partial charge in [-0.3, -0.25) is 4.79 Å². The average molecular weight is 356 g/mol. The minimum Gasteiger partial charge on any atom is -0.464 e. The number of carbonyl (C=O) groups excluding carboxylic acids is 2. The quantitative estimate of drug-likeness (QED) is 0.783. The van der Waals surface area contributed by atoms with Gasteiger partial charge in [-0.2, -0.15) is 0 Å². The number of nitrogens with one attached hydrogen (secondary N) is 1. The summed E-state index contributed by atoms with van der Waals surface area (Å²) in [4.78, 5) is 25.6. The van der Waals surface area contributed by atoms with E-state index in [1.54, 1.807) is 25.1 Å². The van der Waals surface area contributed by atoms with Crippen molar-refractivity contribution in [1.82, 2.24) is 5.32 Å². The van der Waals surface area contributed by atoms with E-state index in [1.165, 1.54) is 0 Å². The molecule has 1 fully saturated rings. The molecule has 1 aromatic rings. The molecule has 1 aliphatic rings. The standard InChI is InChI=1S/C14H18BrN3O3/c1-2-21-14(20)12-8-17-5-6-18(12)11-7-9(15)3-4-10(11)13(16)19/h3-4,7,12,17H,2,5-6,8H2,1H3,(H2,16,19). The summed E-state index contributed by atoms with van der Waals surface area (Å²) in [5, 5.41) is 3.17. The lowest BCUT2D eigenvalue weighted by atomic mass is 10.1. The molecule has 1 amide bonds. The summed E-state index contributed by atoms with van der Waals surface area (Å²) in [6.45, 7) is 3.89. The highest BCUT2D eigenvalue weighted by atomic mass is 79.9. The number of piperazine rings is 1. The molecule has 1 heterocycles. The summed E-state index contributed by atoms with van der Waals surface area (Å²) in [5.74, 6) is -0.821. The normalized spacial score (nSPS) is 18.4. The fraction of sp³-hybridized carbons (Fsp3) is 0.429. The second kappa shape index (κ2) is 6.91. The van der Waals surface area contributed by atoms with Gasteiger partial charge in [-0.15, -0.1) is 0 Å². The van der Waals surface area contributed by atoms with E-state index in [2.05, 4.69) is 21.2 Å². The van der Waals surface area contributed by atoms with Gasteiger partial charge in [-0.25, -0.2) is 4.79 Å². The summed E-state index contributed by atoms with van der Waals surface area (Å²) in [5.41, 5.74) is 6.49. The van der Waals surface area contributed by atoms with Gasteiger partial charge >= 0.3 is 5.97 Å². The lowest BCUT2D eigenvalue weighted by molar-refractivity contribution is -0.144. The van der Waals surface area contributed by atoms with Crippen molar-refractivity contribution in [1.29, 1.82) is 0 Å². The van der Waals surface area contributed by atoms with E-state index in [1.807, 2.05) is 4.90 Å². The number of nitrogens with zero attached hydrogens (tertiary/aromatic N) is 1. The number of amides is 1. The fourth-order valence-electron chi connectivity index (χ4n) is 2.39. The molecule has 1 saturated heterocycles. The molecule has 6 nitrogen and oxygen atoms in total. The van der Waals surface area contributed by atoms with Crippen LogP contribution in [0, 0.1) is 0 Å². The van der Waals surface area contributed by atoms with Crippen molar-refractivity contribution in [2.24, 2.45) is 5.73 Å². The predicted octanol–water partition coefficient (Wildman–Crippen LogP) is 0.889. The summed E-state index contributed by atoms with van der Waals surface area (Å²) in [6, 6.07) is 4.75. The lowest BCUT2D eigenvalue weighted by Gasteiger charge is -2.37. The smallest absolute Gasteiger partial charge is 0.330 e. The third-order valence-electron chi connectivity index (χ3n) is 3.34. The average Bonchev–Trinajstić information content (AvgIpc) is 2.47. The number of carbonyl (C=O) groups is 2. The number of esters is 1. The maximum atomic E-state index is 12.1. The molecule has 1 aliphatic heterocycles. The summed E-state index contributed by atoms with van der Waals surface area (Å²) < 4.78 is 5.94. The summed E-state index contributed by atoms with van der Waals surface area (Å²) in [7, 11) is 0. The Morgan fingerprint density at radius 1 is 1.52 bits per heavy atom. The molecule has 3 N–H and O–H groups in total. The van der Waals surface area contributed by atoms with Crippen LogP contribution in [0.3, 0.4) is 0 Å². The van der Waals surface area contributed by atoms with Crippen molar-refractivity contribution in [2.45, 2.75) is 13.0 Å². The molecule has 1 unspecified atom stereocenters. The second-order valence-corrected chi connectivity index (χ2v) is 5.61. The predicted molar refractivity (Wildman–Crippen MR) is 83.3 cm³/mol.